The van der Waals surface area contributed by atoms with E-state index in [1.54, 1.807) is 12.4 Å². The van der Waals surface area contributed by atoms with Crippen molar-refractivity contribution in [2.24, 2.45) is 0 Å². The standard InChI is InChI=1S/C13H18N6O2/c1-3-5-14-12-11(19(20)21)10(16-9-17-12)13-15-6-8-18(13)7-4-2/h6,8-9H,3-5,7H2,1-2H3,(H,14,16,17). The molecule has 2 aromatic heterocycles. The molecule has 0 aliphatic rings. The van der Waals surface area contributed by atoms with E-state index >= 15 is 0 Å². The van der Waals surface area contributed by atoms with Crippen molar-refractivity contribution in [3.63, 3.8) is 0 Å². The second-order valence-corrected chi connectivity index (χ2v) is 4.55. The summed E-state index contributed by atoms with van der Waals surface area (Å²) in [5.74, 6) is 0.725. The molecule has 8 nitrogen and oxygen atoms in total. The van der Waals surface area contributed by atoms with Crippen LogP contribution in [0, 0.1) is 10.1 Å². The van der Waals surface area contributed by atoms with E-state index in [0.717, 1.165) is 19.4 Å². The van der Waals surface area contributed by atoms with E-state index in [9.17, 15) is 10.1 Å². The van der Waals surface area contributed by atoms with Crippen LogP contribution in [0.5, 0.6) is 0 Å². The molecule has 0 unspecified atom stereocenters. The molecule has 0 fully saturated rings. The quantitative estimate of drug-likeness (QED) is 0.621. The van der Waals surface area contributed by atoms with E-state index in [4.69, 9.17) is 0 Å². The summed E-state index contributed by atoms with van der Waals surface area (Å²) in [6, 6.07) is 0. The number of nitrogens with zero attached hydrogens (tertiary/aromatic N) is 5. The number of hydrogen-bond donors (Lipinski definition) is 1. The van der Waals surface area contributed by atoms with Gasteiger partial charge in [0.2, 0.25) is 5.82 Å². The fourth-order valence-corrected chi connectivity index (χ4v) is 2.04. The zero-order valence-corrected chi connectivity index (χ0v) is 12.1. The lowest BCUT2D eigenvalue weighted by Gasteiger charge is -2.09. The minimum absolute atomic E-state index is 0.130. The largest absolute Gasteiger partial charge is 0.364 e. The molecule has 8 heteroatoms. The molecular weight excluding hydrogens is 272 g/mol. The number of nitro groups is 1. The third kappa shape index (κ3) is 3.15. The molecule has 0 aliphatic heterocycles. The maximum Gasteiger partial charge on any atom is 0.340 e. The zero-order chi connectivity index (χ0) is 15.2. The fourth-order valence-electron chi connectivity index (χ4n) is 2.04. The molecule has 0 spiro atoms. The lowest BCUT2D eigenvalue weighted by molar-refractivity contribution is -0.383. The van der Waals surface area contributed by atoms with Crippen molar-refractivity contribution < 1.29 is 4.92 Å². The van der Waals surface area contributed by atoms with E-state index in [0.29, 0.717) is 12.4 Å². The van der Waals surface area contributed by atoms with Gasteiger partial charge in [-0.25, -0.2) is 15.0 Å². The minimum atomic E-state index is -0.460. The summed E-state index contributed by atoms with van der Waals surface area (Å²) < 4.78 is 1.86. The smallest absolute Gasteiger partial charge is 0.340 e. The van der Waals surface area contributed by atoms with E-state index in [-0.39, 0.29) is 17.2 Å². The highest BCUT2D eigenvalue weighted by molar-refractivity contribution is 5.73. The van der Waals surface area contributed by atoms with Crippen molar-refractivity contribution in [3.05, 3.63) is 28.8 Å². The molecule has 2 heterocycles. The lowest BCUT2D eigenvalue weighted by Crippen LogP contribution is -2.09. The lowest BCUT2D eigenvalue weighted by atomic mass is 10.3. The van der Waals surface area contributed by atoms with Crippen LogP contribution in [0.25, 0.3) is 11.5 Å². The normalized spacial score (nSPS) is 10.6. The van der Waals surface area contributed by atoms with Gasteiger partial charge in [-0.3, -0.25) is 10.1 Å². The van der Waals surface area contributed by atoms with Crippen molar-refractivity contribution in [1.29, 1.82) is 0 Å². The maximum absolute atomic E-state index is 11.4. The Morgan fingerprint density at radius 2 is 2.10 bits per heavy atom. The monoisotopic (exact) mass is 290 g/mol. The summed E-state index contributed by atoms with van der Waals surface area (Å²) in [4.78, 5) is 23.2. The first kappa shape index (κ1) is 14.9. The van der Waals surface area contributed by atoms with E-state index < -0.39 is 4.92 Å². The van der Waals surface area contributed by atoms with Crippen LogP contribution in [0.3, 0.4) is 0 Å². The number of hydrogen-bond acceptors (Lipinski definition) is 6. The minimum Gasteiger partial charge on any atom is -0.364 e. The van der Waals surface area contributed by atoms with Gasteiger partial charge in [0.15, 0.2) is 11.5 Å². The van der Waals surface area contributed by atoms with Gasteiger partial charge in [0, 0.05) is 25.5 Å². The van der Waals surface area contributed by atoms with Gasteiger partial charge in [-0.05, 0) is 12.8 Å². The van der Waals surface area contributed by atoms with Gasteiger partial charge >= 0.3 is 5.69 Å². The summed E-state index contributed by atoms with van der Waals surface area (Å²) in [5, 5.41) is 14.4. The van der Waals surface area contributed by atoms with Crippen LogP contribution in [0.15, 0.2) is 18.7 Å². The highest BCUT2D eigenvalue weighted by Crippen LogP contribution is 2.31. The van der Waals surface area contributed by atoms with Gasteiger partial charge in [-0.15, -0.1) is 0 Å². The number of imidazole rings is 1. The van der Waals surface area contributed by atoms with Crippen LogP contribution < -0.4 is 5.32 Å². The van der Waals surface area contributed by atoms with Gasteiger partial charge in [-0.2, -0.15) is 0 Å². The Morgan fingerprint density at radius 1 is 1.29 bits per heavy atom. The molecule has 0 saturated carbocycles. The Hall–Kier alpha value is -2.51. The van der Waals surface area contributed by atoms with E-state index in [2.05, 4.69) is 20.3 Å². The topological polar surface area (TPSA) is 98.8 Å². The summed E-state index contributed by atoms with van der Waals surface area (Å²) in [6.45, 7) is 5.36. The molecule has 0 aromatic carbocycles. The van der Waals surface area contributed by atoms with Crippen LogP contribution in [-0.4, -0.2) is 31.0 Å². The number of nitrogens with one attached hydrogen (secondary N) is 1. The van der Waals surface area contributed by atoms with Gasteiger partial charge in [0.05, 0.1) is 4.92 Å². The third-order valence-corrected chi connectivity index (χ3v) is 2.94. The van der Waals surface area contributed by atoms with Crippen LogP contribution in [-0.2, 0) is 6.54 Å². The first-order valence-corrected chi connectivity index (χ1v) is 6.93. The predicted octanol–water partition coefficient (Wildman–Crippen LogP) is 2.48. The Labute approximate surface area is 122 Å². The van der Waals surface area contributed by atoms with Crippen molar-refractivity contribution >= 4 is 11.5 Å². The molecule has 112 valence electrons. The molecule has 0 radical (unpaired) electrons. The average molecular weight is 290 g/mol. The molecule has 0 amide bonds. The molecule has 0 atom stereocenters. The molecule has 0 bridgehead atoms. The SMILES string of the molecule is CCCNc1ncnc(-c2nccn2CCC)c1[N+](=O)[O-]. The molecule has 2 aromatic rings. The van der Waals surface area contributed by atoms with Gasteiger partial charge < -0.3 is 9.88 Å². The highest BCUT2D eigenvalue weighted by Gasteiger charge is 2.26. The summed E-state index contributed by atoms with van der Waals surface area (Å²) >= 11 is 0. The number of aromatic nitrogens is 4. The summed E-state index contributed by atoms with van der Waals surface area (Å²) in [6.07, 6.45) is 6.50. The van der Waals surface area contributed by atoms with Crippen molar-refractivity contribution in [3.8, 4) is 11.5 Å². The van der Waals surface area contributed by atoms with Crippen LogP contribution in [0.4, 0.5) is 11.5 Å². The Kier molecular flexibility index (Phi) is 4.81. The van der Waals surface area contributed by atoms with Crippen molar-refractivity contribution in [1.82, 2.24) is 19.5 Å². The Bertz CT molecular complexity index is 625. The van der Waals surface area contributed by atoms with Crippen LogP contribution in [0.2, 0.25) is 0 Å². The molecule has 21 heavy (non-hydrogen) atoms. The van der Waals surface area contributed by atoms with Crippen LogP contribution in [0.1, 0.15) is 26.7 Å². The van der Waals surface area contributed by atoms with Crippen LogP contribution >= 0.6 is 0 Å². The number of aryl methyl sites for hydroxylation is 1. The average Bonchev–Trinajstić information content (AvgIpc) is 2.93. The zero-order valence-electron chi connectivity index (χ0n) is 12.1. The molecular formula is C13H18N6O2. The third-order valence-electron chi connectivity index (χ3n) is 2.94. The number of rotatable bonds is 7. The second-order valence-electron chi connectivity index (χ2n) is 4.55. The first-order chi connectivity index (χ1) is 10.2. The Morgan fingerprint density at radius 3 is 2.76 bits per heavy atom. The van der Waals surface area contributed by atoms with Gasteiger partial charge in [0.1, 0.15) is 6.33 Å². The summed E-state index contributed by atoms with van der Waals surface area (Å²) in [5.41, 5.74) is 0.113. The molecule has 1 N–H and O–H groups in total. The first-order valence-electron chi connectivity index (χ1n) is 6.93. The maximum atomic E-state index is 11.4. The van der Waals surface area contributed by atoms with E-state index in [1.807, 2.05) is 18.4 Å². The van der Waals surface area contributed by atoms with E-state index in [1.165, 1.54) is 6.33 Å². The van der Waals surface area contributed by atoms with Crippen molar-refractivity contribution in [2.75, 3.05) is 11.9 Å². The molecule has 0 saturated heterocycles. The molecule has 2 rings (SSSR count). The van der Waals surface area contributed by atoms with Gasteiger partial charge in [0.25, 0.3) is 0 Å². The Balaban J connectivity index is 2.52. The summed E-state index contributed by atoms with van der Waals surface area (Å²) in [7, 11) is 0. The number of anilines is 1. The van der Waals surface area contributed by atoms with Crippen molar-refractivity contribution in [2.45, 2.75) is 33.2 Å². The highest BCUT2D eigenvalue weighted by atomic mass is 16.6. The van der Waals surface area contributed by atoms with Gasteiger partial charge in [-0.1, -0.05) is 13.8 Å². The molecule has 0 aliphatic carbocycles. The predicted molar refractivity (Wildman–Crippen MR) is 79.0 cm³/mol. The second kappa shape index (κ2) is 6.78. The fraction of sp³-hybridized carbons (Fsp3) is 0.462.